The smallest absolute Gasteiger partial charge is 0.255 e. The van der Waals surface area contributed by atoms with Gasteiger partial charge in [-0.1, -0.05) is 50.9 Å². The van der Waals surface area contributed by atoms with Gasteiger partial charge in [0.15, 0.2) is 0 Å². The Kier molecular flexibility index (Phi) is 7.32. The van der Waals surface area contributed by atoms with Gasteiger partial charge in [-0.05, 0) is 48.9 Å². The fourth-order valence-electron chi connectivity index (χ4n) is 4.73. The lowest BCUT2D eigenvalue weighted by Crippen LogP contribution is -2.37. The monoisotopic (exact) mass is 605 g/mol. The summed E-state index contributed by atoms with van der Waals surface area (Å²) < 4.78 is 10.6. The van der Waals surface area contributed by atoms with Gasteiger partial charge in [0.2, 0.25) is 0 Å². The van der Waals surface area contributed by atoms with Crippen molar-refractivity contribution in [3.63, 3.8) is 0 Å². The van der Waals surface area contributed by atoms with Crippen LogP contribution >= 0.6 is 27.5 Å². The number of rotatable bonds is 8. The molecule has 0 aliphatic carbocycles. The molecule has 4 heterocycles. The second-order valence-electron chi connectivity index (χ2n) is 9.50. The Bertz CT molecular complexity index is 1640. The molecule has 39 heavy (non-hydrogen) atoms. The molecule has 9 nitrogen and oxygen atoms in total. The van der Waals surface area contributed by atoms with Gasteiger partial charge < -0.3 is 14.5 Å². The number of carbonyl (C=O) groups excluding carboxylic acids is 1. The van der Waals surface area contributed by atoms with Crippen LogP contribution in [-0.2, 0) is 13.1 Å². The number of hydrogen-bond acceptors (Lipinski definition) is 6. The minimum Gasteiger partial charge on any atom is -0.456 e. The number of fused-ring (bicyclic) bond motifs is 1. The summed E-state index contributed by atoms with van der Waals surface area (Å²) in [6.07, 6.45) is 6.58. The maximum atomic E-state index is 13.1. The van der Waals surface area contributed by atoms with Crippen molar-refractivity contribution in [2.75, 3.05) is 13.1 Å². The van der Waals surface area contributed by atoms with Gasteiger partial charge in [0.05, 0.1) is 34.7 Å². The number of likely N-dealkylation sites (tertiary alicyclic amines) is 1. The number of imidazole rings is 1. The van der Waals surface area contributed by atoms with E-state index in [9.17, 15) is 4.79 Å². The van der Waals surface area contributed by atoms with Crippen LogP contribution in [0.1, 0.15) is 28.2 Å². The molecule has 0 spiro atoms. The third-order valence-electron chi connectivity index (χ3n) is 6.52. The van der Waals surface area contributed by atoms with E-state index in [0.29, 0.717) is 35.2 Å². The molecule has 1 saturated heterocycles. The lowest BCUT2D eigenvalue weighted by atomic mass is 10.1. The van der Waals surface area contributed by atoms with Crippen LogP contribution in [0.5, 0.6) is 11.5 Å². The first-order valence-electron chi connectivity index (χ1n) is 12.6. The third kappa shape index (κ3) is 6.13. The summed E-state index contributed by atoms with van der Waals surface area (Å²) in [6, 6.07) is 18.6. The van der Waals surface area contributed by atoms with Crippen LogP contribution in [-0.4, -0.2) is 54.3 Å². The summed E-state index contributed by atoms with van der Waals surface area (Å²) in [7, 11) is 0. The standard InChI is InChI=1S/C28H25BrClN7O2/c29-19-4-3-5-24(12-19)39-26-7-2-1-6-25(26)28(38)32-21-10-11-35(14-21)15-23-18-37(34-33-23)17-22-16-36-13-20(30)8-9-27(36)31-22/h1-9,12-13,16,18,21H,10-11,14-15,17H2,(H,32,38). The van der Waals surface area contributed by atoms with E-state index in [1.165, 1.54) is 0 Å². The van der Waals surface area contributed by atoms with Crippen molar-refractivity contribution in [1.82, 2.24) is 34.6 Å². The molecule has 1 unspecified atom stereocenters. The minimum atomic E-state index is -0.146. The third-order valence-corrected chi connectivity index (χ3v) is 7.24. The normalized spacial score (nSPS) is 15.6. The van der Waals surface area contributed by atoms with Crippen LogP contribution in [0.25, 0.3) is 5.65 Å². The van der Waals surface area contributed by atoms with Crippen molar-refractivity contribution < 1.29 is 9.53 Å². The predicted octanol–water partition coefficient (Wildman–Crippen LogP) is 5.19. The fraction of sp³-hybridized carbons (Fsp3) is 0.214. The molecule has 1 N–H and O–H groups in total. The number of para-hydroxylation sites is 1. The Labute approximate surface area is 238 Å². The molecular formula is C28H25BrClN7O2. The second kappa shape index (κ2) is 11.2. The first kappa shape index (κ1) is 25.5. The summed E-state index contributed by atoms with van der Waals surface area (Å²) in [5.74, 6) is 1.04. The molecule has 1 aliphatic rings. The van der Waals surface area contributed by atoms with E-state index in [1.54, 1.807) is 10.7 Å². The number of ether oxygens (including phenoxy) is 1. The molecule has 5 aromatic rings. The van der Waals surface area contributed by atoms with Crippen molar-refractivity contribution in [2.45, 2.75) is 25.6 Å². The number of amides is 1. The molecular weight excluding hydrogens is 582 g/mol. The Morgan fingerprint density at radius 3 is 2.85 bits per heavy atom. The Morgan fingerprint density at radius 2 is 1.95 bits per heavy atom. The molecule has 1 atom stereocenters. The number of pyridine rings is 1. The number of nitrogens with zero attached hydrogens (tertiary/aromatic N) is 6. The molecule has 0 bridgehead atoms. The largest absolute Gasteiger partial charge is 0.456 e. The maximum Gasteiger partial charge on any atom is 0.255 e. The van der Waals surface area contributed by atoms with Crippen molar-refractivity contribution in [3.05, 3.63) is 106 Å². The van der Waals surface area contributed by atoms with Gasteiger partial charge in [-0.25, -0.2) is 9.67 Å². The van der Waals surface area contributed by atoms with E-state index >= 15 is 0 Å². The highest BCUT2D eigenvalue weighted by Gasteiger charge is 2.26. The zero-order chi connectivity index (χ0) is 26.8. The molecule has 0 radical (unpaired) electrons. The highest BCUT2D eigenvalue weighted by Crippen LogP contribution is 2.27. The molecule has 198 valence electrons. The van der Waals surface area contributed by atoms with Crippen LogP contribution < -0.4 is 10.1 Å². The quantitative estimate of drug-likeness (QED) is 0.262. The number of aromatic nitrogens is 5. The minimum absolute atomic E-state index is 0.0382. The van der Waals surface area contributed by atoms with E-state index in [2.05, 4.69) is 41.4 Å². The van der Waals surface area contributed by atoms with Gasteiger partial charge in [-0.15, -0.1) is 5.10 Å². The van der Waals surface area contributed by atoms with Crippen LogP contribution in [0.2, 0.25) is 5.02 Å². The van der Waals surface area contributed by atoms with Crippen molar-refractivity contribution >= 4 is 39.1 Å². The predicted molar refractivity (Wildman–Crippen MR) is 151 cm³/mol. The number of benzene rings is 2. The fourth-order valence-corrected chi connectivity index (χ4v) is 5.28. The van der Waals surface area contributed by atoms with Gasteiger partial charge >= 0.3 is 0 Å². The first-order chi connectivity index (χ1) is 19.0. The maximum absolute atomic E-state index is 13.1. The lowest BCUT2D eigenvalue weighted by Gasteiger charge is -2.16. The summed E-state index contributed by atoms with van der Waals surface area (Å²) in [5.41, 5.74) is 3.10. The molecule has 1 aliphatic heterocycles. The van der Waals surface area contributed by atoms with Crippen molar-refractivity contribution in [3.8, 4) is 11.5 Å². The van der Waals surface area contributed by atoms with Crippen molar-refractivity contribution in [2.24, 2.45) is 0 Å². The Hall–Kier alpha value is -3.73. The van der Waals surface area contributed by atoms with E-state index in [1.807, 2.05) is 77.6 Å². The molecule has 1 amide bonds. The zero-order valence-electron chi connectivity index (χ0n) is 20.9. The van der Waals surface area contributed by atoms with Crippen molar-refractivity contribution in [1.29, 1.82) is 0 Å². The van der Waals surface area contributed by atoms with E-state index in [4.69, 9.17) is 16.3 Å². The number of nitrogens with one attached hydrogen (secondary N) is 1. The summed E-state index contributed by atoms with van der Waals surface area (Å²) in [5, 5.41) is 12.5. The molecule has 6 rings (SSSR count). The molecule has 3 aromatic heterocycles. The van der Waals surface area contributed by atoms with Gasteiger partial charge in [0, 0.05) is 42.5 Å². The zero-order valence-corrected chi connectivity index (χ0v) is 23.2. The van der Waals surface area contributed by atoms with Crippen LogP contribution in [0.15, 0.2) is 83.7 Å². The molecule has 11 heteroatoms. The average Bonchev–Trinajstić information content (AvgIpc) is 3.65. The van der Waals surface area contributed by atoms with E-state index in [0.717, 1.165) is 41.0 Å². The molecule has 1 fully saturated rings. The van der Waals surface area contributed by atoms with Gasteiger partial charge in [-0.3, -0.25) is 9.69 Å². The summed E-state index contributed by atoms with van der Waals surface area (Å²) in [6.45, 7) is 2.78. The lowest BCUT2D eigenvalue weighted by molar-refractivity contribution is 0.0935. The first-order valence-corrected chi connectivity index (χ1v) is 13.7. The van der Waals surface area contributed by atoms with Crippen LogP contribution in [0.3, 0.4) is 0 Å². The van der Waals surface area contributed by atoms with Crippen LogP contribution in [0, 0.1) is 0 Å². The summed E-state index contributed by atoms with van der Waals surface area (Å²) >= 11 is 9.53. The average molecular weight is 607 g/mol. The highest BCUT2D eigenvalue weighted by molar-refractivity contribution is 9.10. The topological polar surface area (TPSA) is 89.6 Å². The summed E-state index contributed by atoms with van der Waals surface area (Å²) in [4.78, 5) is 20.0. The van der Waals surface area contributed by atoms with Gasteiger partial charge in [-0.2, -0.15) is 0 Å². The highest BCUT2D eigenvalue weighted by atomic mass is 79.9. The van der Waals surface area contributed by atoms with E-state index < -0.39 is 0 Å². The SMILES string of the molecule is O=C(NC1CCN(Cc2cn(Cc3cn4cc(Cl)ccc4n3)nn2)C1)c1ccccc1Oc1cccc(Br)c1. The Balaban J connectivity index is 1.04. The molecule has 0 saturated carbocycles. The molecule has 2 aromatic carbocycles. The number of hydrogen-bond donors (Lipinski definition) is 1. The number of carbonyl (C=O) groups is 1. The van der Waals surface area contributed by atoms with Gasteiger partial charge in [0.25, 0.3) is 5.91 Å². The van der Waals surface area contributed by atoms with E-state index in [-0.39, 0.29) is 11.9 Å². The number of halogens is 2. The van der Waals surface area contributed by atoms with Gasteiger partial charge in [0.1, 0.15) is 17.1 Å². The Morgan fingerprint density at radius 1 is 1.05 bits per heavy atom. The second-order valence-corrected chi connectivity index (χ2v) is 10.9. The van der Waals surface area contributed by atoms with Crippen LogP contribution in [0.4, 0.5) is 0 Å².